The highest BCUT2D eigenvalue weighted by Crippen LogP contribution is 2.40. The minimum Gasteiger partial charge on any atom is -0.480 e. The predicted octanol–water partition coefficient (Wildman–Crippen LogP) is 6.88. The topological polar surface area (TPSA) is 61.6 Å². The third-order valence-electron chi connectivity index (χ3n) is 11.1. The van der Waals surface area contributed by atoms with Gasteiger partial charge in [0.25, 0.3) is 0 Å². The van der Waals surface area contributed by atoms with Crippen LogP contribution in [0.2, 0.25) is 0 Å². The molecule has 2 aromatic rings. The molecule has 0 bridgehead atoms. The molecule has 224 valence electrons. The molecule has 6 heteroatoms. The molecule has 3 atom stereocenters. The summed E-state index contributed by atoms with van der Waals surface area (Å²) in [5, 5.41) is 15.5. The molecule has 2 aliphatic heterocycles. The zero-order valence-corrected chi connectivity index (χ0v) is 25.3. The van der Waals surface area contributed by atoms with Gasteiger partial charge in [-0.3, -0.25) is 14.4 Å². The van der Waals surface area contributed by atoms with Crippen molar-refractivity contribution in [1.82, 2.24) is 19.6 Å². The van der Waals surface area contributed by atoms with Gasteiger partial charge in [-0.05, 0) is 82.0 Å². The smallest absolute Gasteiger partial charge is 0.321 e. The Morgan fingerprint density at radius 1 is 0.902 bits per heavy atom. The Kier molecular flexibility index (Phi) is 9.46. The first-order valence-corrected chi connectivity index (χ1v) is 16.9. The third-order valence-corrected chi connectivity index (χ3v) is 11.1. The highest BCUT2D eigenvalue weighted by Gasteiger charge is 2.43. The van der Waals surface area contributed by atoms with E-state index in [-0.39, 0.29) is 6.04 Å². The van der Waals surface area contributed by atoms with Crippen LogP contribution in [0.4, 0.5) is 0 Å². The van der Waals surface area contributed by atoms with Crippen molar-refractivity contribution in [1.29, 1.82) is 0 Å². The molecular weight excluding hydrogens is 508 g/mol. The van der Waals surface area contributed by atoms with Crippen molar-refractivity contribution in [3.63, 3.8) is 0 Å². The summed E-state index contributed by atoms with van der Waals surface area (Å²) >= 11 is 0. The first kappa shape index (κ1) is 28.9. The number of nitrogens with zero attached hydrogens (tertiary/aromatic N) is 4. The predicted molar refractivity (Wildman–Crippen MR) is 164 cm³/mol. The number of benzene rings is 1. The summed E-state index contributed by atoms with van der Waals surface area (Å²) in [5.74, 6) is 1.83. The Balaban J connectivity index is 1.12. The lowest BCUT2D eigenvalue weighted by Crippen LogP contribution is -2.46. The number of hydrogen-bond acceptors (Lipinski definition) is 4. The minimum atomic E-state index is -0.606. The van der Waals surface area contributed by atoms with Crippen molar-refractivity contribution in [2.24, 2.45) is 11.8 Å². The number of aromatic nitrogens is 2. The van der Waals surface area contributed by atoms with Crippen molar-refractivity contribution in [3.8, 4) is 0 Å². The fourth-order valence-corrected chi connectivity index (χ4v) is 8.88. The molecule has 4 fully saturated rings. The van der Waals surface area contributed by atoms with Crippen LogP contribution >= 0.6 is 0 Å². The summed E-state index contributed by atoms with van der Waals surface area (Å²) in [6.45, 7) is 8.30. The van der Waals surface area contributed by atoms with Gasteiger partial charge in [0.15, 0.2) is 0 Å². The van der Waals surface area contributed by atoms with Crippen LogP contribution in [0.1, 0.15) is 119 Å². The van der Waals surface area contributed by atoms with E-state index in [0.29, 0.717) is 29.6 Å². The monoisotopic (exact) mass is 560 g/mol. The van der Waals surface area contributed by atoms with Crippen molar-refractivity contribution >= 4 is 5.97 Å². The number of rotatable bonds is 9. The molecular formula is C35H52N4O2. The van der Waals surface area contributed by atoms with E-state index < -0.39 is 5.97 Å². The van der Waals surface area contributed by atoms with Gasteiger partial charge in [0.2, 0.25) is 0 Å². The molecule has 1 aromatic heterocycles. The summed E-state index contributed by atoms with van der Waals surface area (Å²) in [7, 11) is 0. The fourth-order valence-electron chi connectivity index (χ4n) is 8.88. The summed E-state index contributed by atoms with van der Waals surface area (Å²) in [4.78, 5) is 17.6. The molecule has 2 saturated carbocycles. The Morgan fingerprint density at radius 3 is 2.24 bits per heavy atom. The van der Waals surface area contributed by atoms with Crippen molar-refractivity contribution in [2.75, 3.05) is 32.7 Å². The third kappa shape index (κ3) is 6.59. The average molecular weight is 561 g/mol. The fraction of sp³-hybridized carbons (Fsp3) is 0.714. The Labute approximate surface area is 247 Å². The Bertz CT molecular complexity index is 1110. The normalized spacial score (nSPS) is 26.9. The minimum absolute atomic E-state index is 0.300. The van der Waals surface area contributed by atoms with Gasteiger partial charge in [-0.25, -0.2) is 0 Å². The van der Waals surface area contributed by atoms with E-state index >= 15 is 0 Å². The van der Waals surface area contributed by atoms with Crippen molar-refractivity contribution in [2.45, 2.75) is 114 Å². The standard InChI is InChI=1S/C35H52N4O2/c1-2-39-33(22-32(36-39)27-14-8-4-9-15-27)28-18-20-37(21-19-28)23-30-24-38(25-31(30)26-12-6-3-7-13-26)34(35(40)41)29-16-10-5-11-17-29/h3,6-7,12-13,22,27-31,34H,2,4-5,8-11,14-21,23-25H2,1H3,(H,40,41)/t30-,31+,34+/m0/s1. The number of carbonyl (C=O) groups is 1. The van der Waals surface area contributed by atoms with Gasteiger partial charge in [-0.15, -0.1) is 0 Å². The second kappa shape index (κ2) is 13.4. The van der Waals surface area contributed by atoms with Gasteiger partial charge >= 0.3 is 5.97 Å². The maximum atomic E-state index is 12.6. The number of aryl methyl sites for hydroxylation is 1. The number of piperidine rings is 1. The molecule has 6 rings (SSSR count). The van der Waals surface area contributed by atoms with Gasteiger partial charge in [0.1, 0.15) is 6.04 Å². The van der Waals surface area contributed by atoms with E-state index in [1.807, 2.05) is 0 Å². The van der Waals surface area contributed by atoms with Gasteiger partial charge in [-0.1, -0.05) is 68.9 Å². The van der Waals surface area contributed by atoms with Crippen LogP contribution in [0.5, 0.6) is 0 Å². The summed E-state index contributed by atoms with van der Waals surface area (Å²) in [6.07, 6.45) is 14.9. The van der Waals surface area contributed by atoms with Crippen LogP contribution in [-0.4, -0.2) is 69.4 Å². The first-order valence-electron chi connectivity index (χ1n) is 16.9. The number of carboxylic acid groups (broad SMARTS) is 1. The first-order chi connectivity index (χ1) is 20.1. The molecule has 0 radical (unpaired) electrons. The van der Waals surface area contributed by atoms with Crippen LogP contribution in [0, 0.1) is 11.8 Å². The number of likely N-dealkylation sites (tertiary alicyclic amines) is 2. The molecule has 2 saturated heterocycles. The number of carboxylic acids is 1. The van der Waals surface area contributed by atoms with Crippen LogP contribution in [0.25, 0.3) is 0 Å². The molecule has 1 N–H and O–H groups in total. The van der Waals surface area contributed by atoms with E-state index in [2.05, 4.69) is 57.8 Å². The molecule has 41 heavy (non-hydrogen) atoms. The number of aliphatic carboxylic acids is 1. The lowest BCUT2D eigenvalue weighted by molar-refractivity contribution is -0.145. The SMILES string of the molecule is CCn1nc(C2CCCCC2)cc1C1CCN(C[C@H]2CN([C@@H](C(=O)O)C3CCCCC3)C[C@@H]2c2ccccc2)CC1. The van der Waals surface area contributed by atoms with E-state index in [1.54, 1.807) is 0 Å². The van der Waals surface area contributed by atoms with Crippen LogP contribution in [-0.2, 0) is 11.3 Å². The average Bonchev–Trinajstić information content (AvgIpc) is 3.64. The zero-order chi connectivity index (χ0) is 28.2. The van der Waals surface area contributed by atoms with Gasteiger partial charge < -0.3 is 10.0 Å². The highest BCUT2D eigenvalue weighted by molar-refractivity contribution is 5.74. The highest BCUT2D eigenvalue weighted by atomic mass is 16.4. The van der Waals surface area contributed by atoms with Crippen molar-refractivity contribution in [3.05, 3.63) is 53.3 Å². The number of hydrogen-bond donors (Lipinski definition) is 1. The summed E-state index contributed by atoms with van der Waals surface area (Å²) < 4.78 is 2.31. The van der Waals surface area contributed by atoms with Crippen LogP contribution in [0.3, 0.4) is 0 Å². The lowest BCUT2D eigenvalue weighted by Gasteiger charge is -2.35. The van der Waals surface area contributed by atoms with E-state index in [9.17, 15) is 9.90 Å². The largest absolute Gasteiger partial charge is 0.480 e. The molecule has 4 aliphatic rings. The maximum absolute atomic E-state index is 12.6. The summed E-state index contributed by atoms with van der Waals surface area (Å²) in [6, 6.07) is 13.1. The summed E-state index contributed by atoms with van der Waals surface area (Å²) in [5.41, 5.74) is 4.20. The second-order valence-corrected chi connectivity index (χ2v) is 13.6. The van der Waals surface area contributed by atoms with Gasteiger partial charge in [0.05, 0.1) is 5.69 Å². The van der Waals surface area contributed by atoms with Gasteiger partial charge in [-0.2, -0.15) is 5.10 Å². The molecule has 0 spiro atoms. The van der Waals surface area contributed by atoms with Gasteiger partial charge in [0, 0.05) is 49.6 Å². The second-order valence-electron chi connectivity index (χ2n) is 13.6. The van der Waals surface area contributed by atoms with Crippen LogP contribution in [0.15, 0.2) is 36.4 Å². The Morgan fingerprint density at radius 2 is 1.59 bits per heavy atom. The molecule has 2 aliphatic carbocycles. The Hall–Kier alpha value is -2.18. The zero-order valence-electron chi connectivity index (χ0n) is 25.3. The van der Waals surface area contributed by atoms with Crippen LogP contribution < -0.4 is 0 Å². The van der Waals surface area contributed by atoms with Crippen molar-refractivity contribution < 1.29 is 9.90 Å². The lowest BCUT2D eigenvalue weighted by atomic mass is 9.83. The van der Waals surface area contributed by atoms with E-state index in [4.69, 9.17) is 5.10 Å². The quantitative estimate of drug-likeness (QED) is 0.362. The molecule has 1 aromatic carbocycles. The molecule has 0 unspecified atom stereocenters. The maximum Gasteiger partial charge on any atom is 0.321 e. The molecule has 6 nitrogen and oxygen atoms in total. The van der Waals surface area contributed by atoms with E-state index in [1.165, 1.54) is 81.2 Å². The molecule has 0 amide bonds. The van der Waals surface area contributed by atoms with E-state index in [0.717, 1.165) is 52.1 Å². The molecule has 3 heterocycles.